The molecule has 0 spiro atoms. The fraction of sp³-hybridized carbons (Fsp3) is 0.500. The molecule has 16 heavy (non-hydrogen) atoms. The van der Waals surface area contributed by atoms with Gasteiger partial charge in [0.05, 0.1) is 0 Å². The van der Waals surface area contributed by atoms with E-state index in [2.05, 4.69) is 9.71 Å². The number of hydrogen-bond acceptors (Lipinski definition) is 3. The van der Waals surface area contributed by atoms with Crippen LogP contribution in [-0.2, 0) is 10.0 Å². The molecule has 1 heterocycles. The summed E-state index contributed by atoms with van der Waals surface area (Å²) in [6.07, 6.45) is 1.25. The molecule has 90 valence electrons. The van der Waals surface area contributed by atoms with Crippen molar-refractivity contribution in [3.05, 3.63) is 23.5 Å². The molecule has 0 aliphatic carbocycles. The van der Waals surface area contributed by atoms with Crippen molar-refractivity contribution in [3.63, 3.8) is 0 Å². The molecule has 0 aliphatic heterocycles. The van der Waals surface area contributed by atoms with E-state index in [-0.39, 0.29) is 22.0 Å². The predicted octanol–water partition coefficient (Wildman–Crippen LogP) is 2.06. The van der Waals surface area contributed by atoms with Gasteiger partial charge in [0.25, 0.3) is 0 Å². The first kappa shape index (κ1) is 13.4. The lowest BCUT2D eigenvalue weighted by Gasteiger charge is -2.17. The average molecular weight is 263 g/mol. The molecule has 0 fully saturated rings. The molecule has 0 saturated heterocycles. The highest BCUT2D eigenvalue weighted by Gasteiger charge is 2.19. The third-order valence-corrected chi connectivity index (χ3v) is 4.12. The Morgan fingerprint density at radius 2 is 1.94 bits per heavy atom. The van der Waals surface area contributed by atoms with Crippen LogP contribution in [0.4, 0.5) is 0 Å². The molecular weight excluding hydrogens is 248 g/mol. The highest BCUT2D eigenvalue weighted by molar-refractivity contribution is 7.89. The number of aromatic nitrogens is 1. The highest BCUT2D eigenvalue weighted by atomic mass is 35.5. The number of halogens is 1. The van der Waals surface area contributed by atoms with Gasteiger partial charge in [-0.05, 0) is 25.0 Å². The maximum atomic E-state index is 11.9. The molecule has 0 bridgehead atoms. The van der Waals surface area contributed by atoms with E-state index in [0.29, 0.717) is 0 Å². The van der Waals surface area contributed by atoms with E-state index in [1.54, 1.807) is 0 Å². The lowest BCUT2D eigenvalue weighted by molar-refractivity contribution is 0.476. The second kappa shape index (κ2) is 5.12. The smallest absolute Gasteiger partial charge is 0.242 e. The Kier molecular flexibility index (Phi) is 4.29. The van der Waals surface area contributed by atoms with E-state index in [9.17, 15) is 8.42 Å². The molecular formula is C10H15ClN2O2S. The van der Waals surface area contributed by atoms with Crippen LogP contribution in [-0.4, -0.2) is 19.4 Å². The van der Waals surface area contributed by atoms with Gasteiger partial charge in [-0.25, -0.2) is 18.1 Å². The number of nitrogens with one attached hydrogen (secondary N) is 1. The van der Waals surface area contributed by atoms with E-state index >= 15 is 0 Å². The van der Waals surface area contributed by atoms with Gasteiger partial charge in [0.1, 0.15) is 10.0 Å². The van der Waals surface area contributed by atoms with Crippen LogP contribution < -0.4 is 4.72 Å². The summed E-state index contributed by atoms with van der Waals surface area (Å²) in [5, 5.41) is 0.274. The fourth-order valence-electron chi connectivity index (χ4n) is 0.970. The second-order valence-corrected chi connectivity index (χ2v) is 6.07. The summed E-state index contributed by atoms with van der Waals surface area (Å²) in [6, 6.07) is 2.77. The van der Waals surface area contributed by atoms with Crippen LogP contribution in [0.3, 0.4) is 0 Å². The molecule has 0 aliphatic rings. The number of rotatable bonds is 4. The van der Waals surface area contributed by atoms with Crippen molar-refractivity contribution in [2.75, 3.05) is 0 Å². The zero-order chi connectivity index (χ0) is 12.3. The van der Waals surface area contributed by atoms with Gasteiger partial charge in [-0.2, -0.15) is 0 Å². The Morgan fingerprint density at radius 1 is 1.31 bits per heavy atom. The van der Waals surface area contributed by atoms with Crippen molar-refractivity contribution in [1.29, 1.82) is 0 Å². The predicted molar refractivity (Wildman–Crippen MR) is 63.9 cm³/mol. The first-order valence-corrected chi connectivity index (χ1v) is 6.83. The lowest BCUT2D eigenvalue weighted by atomic mass is 10.1. The van der Waals surface area contributed by atoms with Crippen LogP contribution in [0, 0.1) is 5.92 Å². The molecule has 1 atom stereocenters. The zero-order valence-corrected chi connectivity index (χ0v) is 11.0. The second-order valence-electron chi connectivity index (χ2n) is 3.97. The normalized spacial score (nSPS) is 14.1. The molecule has 4 nitrogen and oxygen atoms in total. The first-order valence-electron chi connectivity index (χ1n) is 4.97. The number of hydrogen-bond donors (Lipinski definition) is 1. The van der Waals surface area contributed by atoms with Gasteiger partial charge in [0, 0.05) is 12.2 Å². The van der Waals surface area contributed by atoms with Crippen molar-refractivity contribution in [3.8, 4) is 0 Å². The molecule has 1 aromatic heterocycles. The zero-order valence-electron chi connectivity index (χ0n) is 9.44. The van der Waals surface area contributed by atoms with Crippen molar-refractivity contribution < 1.29 is 8.42 Å². The first-order chi connectivity index (χ1) is 7.33. The minimum absolute atomic E-state index is 0.124. The quantitative estimate of drug-likeness (QED) is 0.845. The van der Waals surface area contributed by atoms with Gasteiger partial charge in [0.2, 0.25) is 10.0 Å². The Morgan fingerprint density at radius 3 is 2.38 bits per heavy atom. The summed E-state index contributed by atoms with van der Waals surface area (Å²) >= 11 is 5.59. The summed E-state index contributed by atoms with van der Waals surface area (Å²) in [6.45, 7) is 5.73. The topological polar surface area (TPSA) is 59.1 Å². The molecule has 0 radical (unpaired) electrons. The number of nitrogens with zero attached hydrogens (tertiary/aromatic N) is 1. The van der Waals surface area contributed by atoms with E-state index in [0.717, 1.165) is 0 Å². The third-order valence-electron chi connectivity index (χ3n) is 2.35. The van der Waals surface area contributed by atoms with E-state index in [1.807, 2.05) is 20.8 Å². The van der Waals surface area contributed by atoms with Crippen LogP contribution in [0.25, 0.3) is 0 Å². The minimum Gasteiger partial charge on any atom is -0.243 e. The molecule has 1 unspecified atom stereocenters. The van der Waals surface area contributed by atoms with Crippen molar-refractivity contribution in [1.82, 2.24) is 9.71 Å². The third kappa shape index (κ3) is 3.43. The van der Waals surface area contributed by atoms with Crippen LogP contribution in [0.5, 0.6) is 0 Å². The Balaban J connectivity index is 2.90. The molecule has 1 aromatic rings. The van der Waals surface area contributed by atoms with E-state index < -0.39 is 10.0 Å². The number of sulfonamides is 1. The van der Waals surface area contributed by atoms with E-state index in [1.165, 1.54) is 18.3 Å². The summed E-state index contributed by atoms with van der Waals surface area (Å²) < 4.78 is 26.3. The van der Waals surface area contributed by atoms with Crippen LogP contribution in [0.2, 0.25) is 5.15 Å². The maximum Gasteiger partial charge on any atom is 0.242 e. The molecule has 0 aromatic carbocycles. The van der Waals surface area contributed by atoms with Crippen LogP contribution >= 0.6 is 11.6 Å². The minimum atomic E-state index is -3.49. The van der Waals surface area contributed by atoms with E-state index in [4.69, 9.17) is 11.6 Å². The largest absolute Gasteiger partial charge is 0.243 e. The average Bonchev–Trinajstić information content (AvgIpc) is 2.17. The number of pyridine rings is 1. The van der Waals surface area contributed by atoms with Crippen molar-refractivity contribution >= 4 is 21.6 Å². The standard InChI is InChI=1S/C10H15ClN2O2S/c1-7(2)8(3)13-16(14,15)9-4-5-10(11)12-6-9/h4-8,13H,1-3H3. The van der Waals surface area contributed by atoms with Gasteiger partial charge in [0.15, 0.2) is 0 Å². The monoisotopic (exact) mass is 262 g/mol. The Bertz CT molecular complexity index is 442. The van der Waals surface area contributed by atoms with Crippen molar-refractivity contribution in [2.24, 2.45) is 5.92 Å². The Labute approximate surface area is 101 Å². The molecule has 1 N–H and O–H groups in total. The van der Waals surface area contributed by atoms with Crippen LogP contribution in [0.1, 0.15) is 20.8 Å². The summed E-state index contributed by atoms with van der Waals surface area (Å²) in [4.78, 5) is 3.87. The summed E-state index contributed by atoms with van der Waals surface area (Å²) in [5.74, 6) is 0.232. The van der Waals surface area contributed by atoms with Gasteiger partial charge in [-0.15, -0.1) is 0 Å². The molecule has 1 rings (SSSR count). The van der Waals surface area contributed by atoms with Gasteiger partial charge < -0.3 is 0 Å². The van der Waals surface area contributed by atoms with Gasteiger partial charge in [-0.1, -0.05) is 25.4 Å². The Hall–Kier alpha value is -0.650. The van der Waals surface area contributed by atoms with Crippen LogP contribution in [0.15, 0.2) is 23.2 Å². The maximum absolute atomic E-state index is 11.9. The lowest BCUT2D eigenvalue weighted by Crippen LogP contribution is -2.36. The molecule has 0 saturated carbocycles. The summed E-state index contributed by atoms with van der Waals surface area (Å²) in [7, 11) is -3.49. The summed E-state index contributed by atoms with van der Waals surface area (Å²) in [5.41, 5.74) is 0. The van der Waals surface area contributed by atoms with Gasteiger partial charge >= 0.3 is 0 Å². The highest BCUT2D eigenvalue weighted by Crippen LogP contribution is 2.12. The molecule has 0 amide bonds. The van der Waals surface area contributed by atoms with Crippen molar-refractivity contribution in [2.45, 2.75) is 31.7 Å². The SMILES string of the molecule is CC(C)C(C)NS(=O)(=O)c1ccc(Cl)nc1. The fourth-order valence-corrected chi connectivity index (χ4v) is 2.42. The van der Waals surface area contributed by atoms with Gasteiger partial charge in [-0.3, -0.25) is 0 Å². The molecule has 6 heteroatoms.